The summed E-state index contributed by atoms with van der Waals surface area (Å²) in [4.78, 5) is 30.3. The maximum Gasteiger partial charge on any atom is 0.261 e. The van der Waals surface area contributed by atoms with Crippen molar-refractivity contribution < 1.29 is 14.7 Å². The summed E-state index contributed by atoms with van der Waals surface area (Å²) in [5.41, 5.74) is 0.651. The van der Waals surface area contributed by atoms with Crippen LogP contribution in [-0.4, -0.2) is 33.9 Å². The highest BCUT2D eigenvalue weighted by Gasteiger charge is 2.63. The Bertz CT molecular complexity index is 1000. The summed E-state index contributed by atoms with van der Waals surface area (Å²) < 4.78 is 0. The van der Waals surface area contributed by atoms with Crippen molar-refractivity contribution in [2.24, 2.45) is 5.92 Å². The van der Waals surface area contributed by atoms with Gasteiger partial charge in [-0.2, -0.15) is 0 Å². The van der Waals surface area contributed by atoms with Crippen LogP contribution in [0.1, 0.15) is 52.0 Å². The molecule has 4 aliphatic rings. The number of amides is 2. The minimum Gasteiger partial charge on any atom is -0.365 e. The van der Waals surface area contributed by atoms with Gasteiger partial charge in [-0.15, -0.1) is 0 Å². The lowest BCUT2D eigenvalue weighted by Crippen LogP contribution is -2.57. The smallest absolute Gasteiger partial charge is 0.261 e. The molecule has 1 saturated heterocycles. The highest BCUT2D eigenvalue weighted by Crippen LogP contribution is 2.54. The quantitative estimate of drug-likeness (QED) is 0.786. The molecule has 4 atom stereocenters. The molecule has 1 aliphatic carbocycles. The van der Waals surface area contributed by atoms with E-state index < -0.39 is 11.8 Å². The fourth-order valence-corrected chi connectivity index (χ4v) is 5.94. The Morgan fingerprint density at radius 2 is 1.67 bits per heavy atom. The number of fused-ring (bicyclic) bond motifs is 9. The van der Waals surface area contributed by atoms with Crippen LogP contribution < -0.4 is 4.90 Å². The summed E-state index contributed by atoms with van der Waals surface area (Å²) in [6.45, 7) is 0. The first-order valence-corrected chi connectivity index (χ1v) is 9.70. The van der Waals surface area contributed by atoms with Gasteiger partial charge in [0.15, 0.2) is 5.72 Å². The van der Waals surface area contributed by atoms with Crippen LogP contribution in [-0.2, 0) is 5.72 Å². The third-order valence-corrected chi connectivity index (χ3v) is 7.01. The van der Waals surface area contributed by atoms with Crippen LogP contribution in [0.4, 0.5) is 5.69 Å². The van der Waals surface area contributed by atoms with Crippen molar-refractivity contribution >= 4 is 17.5 Å². The van der Waals surface area contributed by atoms with Gasteiger partial charge in [0.25, 0.3) is 11.8 Å². The van der Waals surface area contributed by atoms with E-state index in [0.717, 1.165) is 25.7 Å². The monoisotopic (exact) mass is 360 g/mol. The lowest BCUT2D eigenvalue weighted by Gasteiger charge is -2.41. The Morgan fingerprint density at radius 3 is 2.52 bits per heavy atom. The zero-order valence-electron chi connectivity index (χ0n) is 14.8. The molecule has 3 heterocycles. The lowest BCUT2D eigenvalue weighted by molar-refractivity contribution is -0.0295. The summed E-state index contributed by atoms with van der Waals surface area (Å²) in [6.07, 6.45) is 3.91. The van der Waals surface area contributed by atoms with Crippen molar-refractivity contribution in [3.8, 4) is 0 Å². The molecule has 27 heavy (non-hydrogen) atoms. The number of carbonyl (C=O) groups excluding carboxylic acids is 2. The van der Waals surface area contributed by atoms with Gasteiger partial charge in [0.05, 0.1) is 17.3 Å². The van der Waals surface area contributed by atoms with Gasteiger partial charge in [0.1, 0.15) is 0 Å². The Labute approximate surface area is 157 Å². The van der Waals surface area contributed by atoms with Gasteiger partial charge in [0, 0.05) is 17.2 Å². The van der Waals surface area contributed by atoms with Crippen molar-refractivity contribution in [3.05, 3.63) is 65.2 Å². The normalized spacial score (nSPS) is 33.3. The summed E-state index contributed by atoms with van der Waals surface area (Å²) >= 11 is 0. The molecule has 0 unspecified atom stereocenters. The molecule has 0 aromatic heterocycles. The molecule has 2 fully saturated rings. The molecule has 0 radical (unpaired) electrons. The number of carbonyl (C=O) groups is 2. The van der Waals surface area contributed by atoms with E-state index in [1.54, 1.807) is 18.2 Å². The number of benzene rings is 2. The van der Waals surface area contributed by atoms with E-state index in [9.17, 15) is 14.7 Å². The van der Waals surface area contributed by atoms with Gasteiger partial charge >= 0.3 is 0 Å². The minimum atomic E-state index is -1.51. The van der Waals surface area contributed by atoms with Gasteiger partial charge in [-0.1, -0.05) is 36.8 Å². The van der Waals surface area contributed by atoms with Crippen molar-refractivity contribution in [1.82, 2.24) is 4.90 Å². The predicted molar refractivity (Wildman–Crippen MR) is 99.3 cm³/mol. The average Bonchev–Trinajstić information content (AvgIpc) is 3.32. The number of hydrogen-bond donors (Lipinski definition) is 1. The molecule has 5 heteroatoms. The van der Waals surface area contributed by atoms with Crippen molar-refractivity contribution in [2.45, 2.75) is 43.5 Å². The number of hydrogen-bond acceptors (Lipinski definition) is 3. The summed E-state index contributed by atoms with van der Waals surface area (Å²) in [7, 11) is 0. The van der Waals surface area contributed by atoms with E-state index in [1.165, 1.54) is 4.90 Å². The van der Waals surface area contributed by atoms with Crippen LogP contribution in [0.2, 0.25) is 0 Å². The van der Waals surface area contributed by atoms with Gasteiger partial charge in [-0.25, -0.2) is 0 Å². The summed E-state index contributed by atoms with van der Waals surface area (Å²) in [6, 6.07) is 14.2. The zero-order valence-corrected chi connectivity index (χ0v) is 14.8. The molecule has 6 rings (SSSR count). The van der Waals surface area contributed by atoms with E-state index in [2.05, 4.69) is 0 Å². The predicted octanol–water partition coefficient (Wildman–Crippen LogP) is 2.89. The van der Waals surface area contributed by atoms with Crippen LogP contribution >= 0.6 is 0 Å². The fraction of sp³-hybridized carbons (Fsp3) is 0.364. The molecule has 136 valence electrons. The van der Waals surface area contributed by atoms with Gasteiger partial charge in [-0.3, -0.25) is 14.5 Å². The fourth-order valence-electron chi connectivity index (χ4n) is 5.94. The molecule has 3 aliphatic heterocycles. The maximum absolute atomic E-state index is 13.5. The minimum absolute atomic E-state index is 0.0573. The number of anilines is 1. The van der Waals surface area contributed by atoms with Crippen molar-refractivity contribution in [1.29, 1.82) is 0 Å². The third-order valence-electron chi connectivity index (χ3n) is 7.01. The second kappa shape index (κ2) is 4.98. The average molecular weight is 360 g/mol. The molecular weight excluding hydrogens is 340 g/mol. The van der Waals surface area contributed by atoms with Gasteiger partial charge in [-0.05, 0) is 43.4 Å². The van der Waals surface area contributed by atoms with Crippen LogP contribution in [0, 0.1) is 5.92 Å². The first-order valence-electron chi connectivity index (χ1n) is 9.70. The Balaban J connectivity index is 1.67. The third kappa shape index (κ3) is 1.69. The molecule has 1 saturated carbocycles. The molecule has 2 amide bonds. The molecule has 5 nitrogen and oxygen atoms in total. The van der Waals surface area contributed by atoms with E-state index in [-0.39, 0.29) is 17.9 Å². The SMILES string of the molecule is O=C1c2ccccc2N2C(=O)c3ccccc3[C@]2(O)[C@@H]2C[C@H]3CCC[C@H]3N12. The van der Waals surface area contributed by atoms with Crippen LogP contribution in [0.15, 0.2) is 48.5 Å². The molecule has 2 aromatic carbocycles. The highest BCUT2D eigenvalue weighted by atomic mass is 16.3. The topological polar surface area (TPSA) is 60.9 Å². The Hall–Kier alpha value is -2.66. The summed E-state index contributed by atoms with van der Waals surface area (Å²) in [5, 5.41) is 12.1. The second-order valence-electron chi connectivity index (χ2n) is 8.15. The van der Waals surface area contributed by atoms with E-state index in [1.807, 2.05) is 35.2 Å². The maximum atomic E-state index is 13.5. The molecule has 2 aromatic rings. The first kappa shape index (κ1) is 15.4. The number of aliphatic hydroxyl groups is 1. The van der Waals surface area contributed by atoms with Crippen molar-refractivity contribution in [2.75, 3.05) is 4.90 Å². The Morgan fingerprint density at radius 1 is 0.926 bits per heavy atom. The molecule has 0 bridgehead atoms. The number of rotatable bonds is 0. The van der Waals surface area contributed by atoms with E-state index >= 15 is 0 Å². The molecule has 1 N–H and O–H groups in total. The number of para-hydroxylation sites is 1. The van der Waals surface area contributed by atoms with E-state index in [4.69, 9.17) is 0 Å². The molecule has 0 spiro atoms. The summed E-state index contributed by atoms with van der Waals surface area (Å²) in [5.74, 6) is 0.114. The zero-order chi connectivity index (χ0) is 18.3. The molecular formula is C22H20N2O3. The number of nitrogens with zero attached hydrogens (tertiary/aromatic N) is 2. The van der Waals surface area contributed by atoms with Crippen molar-refractivity contribution in [3.63, 3.8) is 0 Å². The first-order chi connectivity index (χ1) is 13.1. The highest BCUT2D eigenvalue weighted by molar-refractivity contribution is 6.16. The van der Waals surface area contributed by atoms with Gasteiger partial charge < -0.3 is 10.0 Å². The van der Waals surface area contributed by atoms with E-state index in [0.29, 0.717) is 28.3 Å². The Kier molecular flexibility index (Phi) is 2.84. The lowest BCUT2D eigenvalue weighted by atomic mass is 9.90. The standard InChI is InChI=1S/C22H20N2O3/c25-20-15-8-2-4-10-18(15)24-21(26)14-7-1-3-9-16(14)22(24,27)19-12-13-6-5-11-17(13)23(19)20/h1-4,7-10,13,17,19,27H,5-6,11-12H2/t13-,17-,19+,22+/m1/s1. The largest absolute Gasteiger partial charge is 0.365 e. The van der Waals surface area contributed by atoms with Gasteiger partial charge in [0.2, 0.25) is 0 Å². The second-order valence-corrected chi connectivity index (χ2v) is 8.15. The van der Waals surface area contributed by atoms with Crippen LogP contribution in [0.3, 0.4) is 0 Å². The van der Waals surface area contributed by atoms with Crippen LogP contribution in [0.25, 0.3) is 0 Å². The van der Waals surface area contributed by atoms with Crippen LogP contribution in [0.5, 0.6) is 0 Å².